The lowest BCUT2D eigenvalue weighted by Crippen LogP contribution is -2.13. The standard InChI is InChI=1S/C20H24FN3O3S/c1-13(12-28(25,26)15-8-6-14(21)7-9-15)19-22-16(11-27-19)17-10-18(20(2,3)4)23-24(17)5/h6-11,13H,12H2,1-5H3. The van der Waals surface area contributed by atoms with Crippen molar-refractivity contribution in [3.63, 3.8) is 0 Å². The Balaban J connectivity index is 1.82. The van der Waals surface area contributed by atoms with Crippen LogP contribution < -0.4 is 0 Å². The molecule has 0 fully saturated rings. The molecule has 1 atom stereocenters. The molecule has 0 saturated heterocycles. The molecule has 0 radical (unpaired) electrons. The Hall–Kier alpha value is -2.48. The Bertz CT molecular complexity index is 1080. The third kappa shape index (κ3) is 4.16. The molecule has 2 heterocycles. The van der Waals surface area contributed by atoms with Crippen LogP contribution in [0.15, 0.2) is 45.9 Å². The summed E-state index contributed by atoms with van der Waals surface area (Å²) in [6.07, 6.45) is 1.51. The van der Waals surface area contributed by atoms with Gasteiger partial charge in [0.1, 0.15) is 17.8 Å². The molecule has 1 aromatic carbocycles. The van der Waals surface area contributed by atoms with Gasteiger partial charge in [0, 0.05) is 18.4 Å². The molecule has 0 aliphatic heterocycles. The minimum absolute atomic E-state index is 0.0778. The zero-order chi connectivity index (χ0) is 20.7. The molecule has 0 amide bonds. The van der Waals surface area contributed by atoms with E-state index in [1.165, 1.54) is 18.4 Å². The Kier molecular flexibility index (Phi) is 5.18. The average molecular weight is 405 g/mol. The number of rotatable bonds is 5. The highest BCUT2D eigenvalue weighted by molar-refractivity contribution is 7.91. The van der Waals surface area contributed by atoms with Crippen molar-refractivity contribution in [2.45, 2.75) is 43.9 Å². The number of hydrogen-bond acceptors (Lipinski definition) is 5. The Morgan fingerprint density at radius 2 is 1.86 bits per heavy atom. The summed E-state index contributed by atoms with van der Waals surface area (Å²) in [7, 11) is -1.75. The molecule has 0 spiro atoms. The van der Waals surface area contributed by atoms with Gasteiger partial charge in [0.2, 0.25) is 0 Å². The Morgan fingerprint density at radius 1 is 1.21 bits per heavy atom. The molecule has 2 aromatic heterocycles. The highest BCUT2D eigenvalue weighted by atomic mass is 32.2. The van der Waals surface area contributed by atoms with Gasteiger partial charge in [-0.25, -0.2) is 17.8 Å². The minimum atomic E-state index is -3.59. The van der Waals surface area contributed by atoms with Crippen molar-refractivity contribution >= 4 is 9.84 Å². The fourth-order valence-corrected chi connectivity index (χ4v) is 4.39. The van der Waals surface area contributed by atoms with Crippen molar-refractivity contribution in [1.82, 2.24) is 14.8 Å². The fourth-order valence-electron chi connectivity index (χ4n) is 2.84. The number of benzene rings is 1. The first-order chi connectivity index (χ1) is 13.0. The monoisotopic (exact) mass is 405 g/mol. The van der Waals surface area contributed by atoms with Crippen molar-refractivity contribution in [2.75, 3.05) is 5.75 Å². The predicted molar refractivity (Wildman–Crippen MR) is 104 cm³/mol. The van der Waals surface area contributed by atoms with Crippen molar-refractivity contribution in [3.8, 4) is 11.4 Å². The molecule has 1 unspecified atom stereocenters. The lowest BCUT2D eigenvalue weighted by molar-refractivity contribution is 0.469. The summed E-state index contributed by atoms with van der Waals surface area (Å²) in [5.74, 6) is -0.787. The molecule has 0 aliphatic carbocycles. The van der Waals surface area contributed by atoms with Gasteiger partial charge in [0.05, 0.1) is 22.0 Å². The van der Waals surface area contributed by atoms with Crippen molar-refractivity contribution < 1.29 is 17.2 Å². The smallest absolute Gasteiger partial charge is 0.198 e. The summed E-state index contributed by atoms with van der Waals surface area (Å²) in [5.41, 5.74) is 2.24. The van der Waals surface area contributed by atoms with Crippen LogP contribution in [0.25, 0.3) is 11.4 Å². The second kappa shape index (κ2) is 7.16. The quantitative estimate of drug-likeness (QED) is 0.598. The summed E-state index contributed by atoms with van der Waals surface area (Å²) in [6.45, 7) is 7.97. The topological polar surface area (TPSA) is 78.0 Å². The van der Waals surface area contributed by atoms with E-state index >= 15 is 0 Å². The molecule has 0 N–H and O–H groups in total. The van der Waals surface area contributed by atoms with Crippen molar-refractivity contribution in [2.24, 2.45) is 7.05 Å². The molecule has 0 bridgehead atoms. The summed E-state index contributed by atoms with van der Waals surface area (Å²) in [4.78, 5) is 4.55. The number of halogens is 1. The minimum Gasteiger partial charge on any atom is -0.448 e. The van der Waals surface area contributed by atoms with Crippen LogP contribution in [0.1, 0.15) is 45.2 Å². The van der Waals surface area contributed by atoms with Gasteiger partial charge in [0.25, 0.3) is 0 Å². The zero-order valence-electron chi connectivity index (χ0n) is 16.6. The van der Waals surface area contributed by atoms with E-state index in [9.17, 15) is 12.8 Å². The number of oxazole rings is 1. The maximum Gasteiger partial charge on any atom is 0.198 e. The van der Waals surface area contributed by atoms with E-state index in [0.717, 1.165) is 23.5 Å². The van der Waals surface area contributed by atoms with Gasteiger partial charge >= 0.3 is 0 Å². The van der Waals surface area contributed by atoms with Gasteiger partial charge in [-0.15, -0.1) is 0 Å². The van der Waals surface area contributed by atoms with Crippen LogP contribution in [-0.2, 0) is 22.3 Å². The van der Waals surface area contributed by atoms with Crippen molar-refractivity contribution in [1.29, 1.82) is 0 Å². The first-order valence-corrected chi connectivity index (χ1v) is 10.6. The van der Waals surface area contributed by atoms with Gasteiger partial charge in [-0.05, 0) is 30.3 Å². The second-order valence-corrected chi connectivity index (χ2v) is 10.0. The highest BCUT2D eigenvalue weighted by Crippen LogP contribution is 2.28. The molecule has 28 heavy (non-hydrogen) atoms. The summed E-state index contributed by atoms with van der Waals surface area (Å²) in [5, 5.41) is 4.53. The maximum atomic E-state index is 13.0. The van der Waals surface area contributed by atoms with Gasteiger partial charge in [-0.2, -0.15) is 5.10 Å². The Morgan fingerprint density at radius 3 is 2.43 bits per heavy atom. The fraction of sp³-hybridized carbons (Fsp3) is 0.400. The number of nitrogens with zero attached hydrogens (tertiary/aromatic N) is 3. The molecule has 3 aromatic rings. The van der Waals surface area contributed by atoms with Crippen LogP contribution in [0.4, 0.5) is 4.39 Å². The third-order valence-corrected chi connectivity index (χ3v) is 6.43. The normalized spacial score (nSPS) is 13.6. The van der Waals surface area contributed by atoms with Gasteiger partial charge in [-0.3, -0.25) is 4.68 Å². The highest BCUT2D eigenvalue weighted by Gasteiger charge is 2.25. The van der Waals surface area contributed by atoms with Crippen LogP contribution in [-0.4, -0.2) is 28.9 Å². The second-order valence-electron chi connectivity index (χ2n) is 8.00. The molecule has 0 aliphatic rings. The van der Waals surface area contributed by atoms with E-state index in [4.69, 9.17) is 4.42 Å². The molecule has 3 rings (SSSR count). The van der Waals surface area contributed by atoms with Crippen LogP contribution in [0.5, 0.6) is 0 Å². The van der Waals surface area contributed by atoms with E-state index < -0.39 is 21.6 Å². The van der Waals surface area contributed by atoms with Crippen LogP contribution >= 0.6 is 0 Å². The van der Waals surface area contributed by atoms with E-state index in [0.29, 0.717) is 11.6 Å². The predicted octanol–water partition coefficient (Wildman–Crippen LogP) is 4.09. The molecule has 0 saturated carbocycles. The number of aryl methyl sites for hydroxylation is 1. The molecule has 150 valence electrons. The van der Waals surface area contributed by atoms with E-state index in [1.807, 2.05) is 13.1 Å². The summed E-state index contributed by atoms with van der Waals surface area (Å²) in [6, 6.07) is 6.76. The van der Waals surface area contributed by atoms with E-state index in [1.54, 1.807) is 11.6 Å². The summed E-state index contributed by atoms with van der Waals surface area (Å²) < 4.78 is 45.5. The zero-order valence-corrected chi connectivity index (χ0v) is 17.4. The molecular formula is C20H24FN3O3S. The maximum absolute atomic E-state index is 13.0. The lowest BCUT2D eigenvalue weighted by atomic mass is 9.92. The number of aromatic nitrogens is 3. The largest absolute Gasteiger partial charge is 0.448 e. The molecule has 8 heteroatoms. The SMILES string of the molecule is CC(CS(=O)(=O)c1ccc(F)cc1)c1nc(-c2cc(C(C)(C)C)nn2C)co1. The lowest BCUT2D eigenvalue weighted by Gasteiger charge is -2.13. The average Bonchev–Trinajstić information content (AvgIpc) is 3.21. The van der Waals surface area contributed by atoms with Gasteiger partial charge < -0.3 is 4.42 Å². The number of hydrogen-bond donors (Lipinski definition) is 0. The Labute approximate surface area is 164 Å². The van der Waals surface area contributed by atoms with Gasteiger partial charge in [-0.1, -0.05) is 27.7 Å². The first-order valence-electron chi connectivity index (χ1n) is 8.96. The van der Waals surface area contributed by atoms with Crippen LogP contribution in [0.2, 0.25) is 0 Å². The van der Waals surface area contributed by atoms with Crippen LogP contribution in [0.3, 0.4) is 0 Å². The summed E-state index contributed by atoms with van der Waals surface area (Å²) >= 11 is 0. The third-order valence-electron chi connectivity index (χ3n) is 4.50. The molecule has 6 nitrogen and oxygen atoms in total. The van der Waals surface area contributed by atoms with Gasteiger partial charge in [0.15, 0.2) is 15.7 Å². The first kappa shape index (κ1) is 20.3. The molecular weight excluding hydrogens is 381 g/mol. The van der Waals surface area contributed by atoms with E-state index in [2.05, 4.69) is 30.9 Å². The van der Waals surface area contributed by atoms with Crippen molar-refractivity contribution in [3.05, 3.63) is 54.0 Å². The van der Waals surface area contributed by atoms with E-state index in [-0.39, 0.29) is 16.1 Å². The number of sulfone groups is 1. The van der Waals surface area contributed by atoms with Crippen LogP contribution in [0, 0.1) is 5.82 Å².